The topological polar surface area (TPSA) is 114 Å². The molecule has 1 amide bonds. The number of sulfonamides is 1. The van der Waals surface area contributed by atoms with Crippen molar-refractivity contribution in [2.24, 2.45) is 5.10 Å². The molecule has 0 spiro atoms. The minimum atomic E-state index is -4.01. The van der Waals surface area contributed by atoms with Crippen LogP contribution >= 0.6 is 11.8 Å². The molecule has 3 rings (SSSR count). The third-order valence-corrected chi connectivity index (χ3v) is 7.67. The van der Waals surface area contributed by atoms with Gasteiger partial charge in [-0.1, -0.05) is 24.3 Å². The smallest absolute Gasteiger partial charge is 0.344 e. The number of carbonyl (C=O) groups excluding carboxylic acids is 2. The number of amides is 1. The van der Waals surface area contributed by atoms with Crippen LogP contribution in [0, 0.1) is 13.8 Å². The highest BCUT2D eigenvalue weighted by molar-refractivity contribution is 7.98. The van der Waals surface area contributed by atoms with E-state index >= 15 is 0 Å². The van der Waals surface area contributed by atoms with E-state index in [1.807, 2.05) is 26.2 Å². The molecule has 0 fully saturated rings. The lowest BCUT2D eigenvalue weighted by atomic mass is 10.1. The maximum absolute atomic E-state index is 13.4. The maximum atomic E-state index is 13.4. The van der Waals surface area contributed by atoms with Crippen molar-refractivity contribution >= 4 is 45.6 Å². The number of carbonyl (C=O) groups is 2. The van der Waals surface area contributed by atoms with Crippen LogP contribution in [0.4, 0.5) is 5.69 Å². The van der Waals surface area contributed by atoms with Crippen LogP contribution in [0.3, 0.4) is 0 Å². The lowest BCUT2D eigenvalue weighted by molar-refractivity contribution is -0.145. The Labute approximate surface area is 233 Å². The van der Waals surface area contributed by atoms with Crippen LogP contribution in [-0.4, -0.2) is 58.3 Å². The Hall–Kier alpha value is -3.83. The van der Waals surface area contributed by atoms with Gasteiger partial charge in [0.15, 0.2) is 6.61 Å². The van der Waals surface area contributed by atoms with Gasteiger partial charge >= 0.3 is 5.97 Å². The monoisotopic (exact) mass is 569 g/mol. The summed E-state index contributed by atoms with van der Waals surface area (Å²) in [6.07, 6.45) is 3.35. The molecule has 39 heavy (non-hydrogen) atoms. The number of benzene rings is 3. The van der Waals surface area contributed by atoms with E-state index in [4.69, 9.17) is 9.47 Å². The number of nitrogens with zero attached hydrogens (tertiary/aromatic N) is 2. The summed E-state index contributed by atoms with van der Waals surface area (Å²) in [6, 6.07) is 20.0. The maximum Gasteiger partial charge on any atom is 0.344 e. The van der Waals surface area contributed by atoms with Gasteiger partial charge in [0, 0.05) is 5.75 Å². The molecule has 206 valence electrons. The van der Waals surface area contributed by atoms with Crippen molar-refractivity contribution in [3.8, 4) is 5.75 Å². The first-order valence-corrected chi connectivity index (χ1v) is 14.9. The minimum absolute atomic E-state index is 0.0796. The summed E-state index contributed by atoms with van der Waals surface area (Å²) >= 11 is 1.58. The normalized spacial score (nSPS) is 11.3. The van der Waals surface area contributed by atoms with Crippen LogP contribution in [0.15, 0.2) is 82.8 Å². The van der Waals surface area contributed by atoms with E-state index in [0.717, 1.165) is 21.2 Å². The van der Waals surface area contributed by atoms with Crippen LogP contribution in [0.25, 0.3) is 0 Å². The second kappa shape index (κ2) is 14.4. The second-order valence-corrected chi connectivity index (χ2v) is 11.4. The minimum Gasteiger partial charge on any atom is -0.482 e. The molecule has 3 aromatic rings. The summed E-state index contributed by atoms with van der Waals surface area (Å²) in [7, 11) is -4.01. The third kappa shape index (κ3) is 9.15. The molecule has 0 aliphatic rings. The number of esters is 1. The van der Waals surface area contributed by atoms with E-state index in [2.05, 4.69) is 10.5 Å². The van der Waals surface area contributed by atoms with Gasteiger partial charge in [-0.05, 0) is 85.3 Å². The number of thioether (sulfide) groups is 1. The van der Waals surface area contributed by atoms with Crippen molar-refractivity contribution < 1.29 is 27.5 Å². The summed E-state index contributed by atoms with van der Waals surface area (Å²) in [4.78, 5) is 24.5. The average Bonchev–Trinajstić information content (AvgIpc) is 2.91. The Morgan fingerprint density at radius 2 is 1.67 bits per heavy atom. The standard InChI is InChI=1S/C28H31N3O6S2/c1-21-15-22(2)17-24(16-21)31(39(34,35)26-7-5-4-6-8-26)19-27(32)30-29-18-23-9-11-25(12-10-23)37-20-28(33)36-13-14-38-3/h4-12,15-18H,13-14,19-20H2,1-3H3,(H,30,32)/b29-18-. The molecule has 0 aliphatic carbocycles. The largest absolute Gasteiger partial charge is 0.482 e. The summed E-state index contributed by atoms with van der Waals surface area (Å²) in [5.41, 5.74) is 5.19. The van der Waals surface area contributed by atoms with Crippen molar-refractivity contribution in [1.82, 2.24) is 5.43 Å². The fourth-order valence-corrected chi connectivity index (χ4v) is 5.22. The first-order chi connectivity index (χ1) is 18.7. The number of hydrogen-bond acceptors (Lipinski definition) is 8. The molecule has 1 N–H and O–H groups in total. The van der Waals surface area contributed by atoms with Crippen LogP contribution in [0.1, 0.15) is 16.7 Å². The summed E-state index contributed by atoms with van der Waals surface area (Å²) < 4.78 is 38.4. The van der Waals surface area contributed by atoms with Crippen LogP contribution in [0.2, 0.25) is 0 Å². The molecule has 0 aliphatic heterocycles. The zero-order chi connectivity index (χ0) is 28.3. The Morgan fingerprint density at radius 3 is 2.31 bits per heavy atom. The number of nitrogens with one attached hydrogen (secondary N) is 1. The molecule has 0 bridgehead atoms. The van der Waals surface area contributed by atoms with Gasteiger partial charge in [0.05, 0.1) is 16.8 Å². The molecule has 0 heterocycles. The van der Waals surface area contributed by atoms with Gasteiger partial charge in [-0.3, -0.25) is 9.10 Å². The summed E-state index contributed by atoms with van der Waals surface area (Å²) in [6.45, 7) is 3.41. The van der Waals surface area contributed by atoms with Gasteiger partial charge in [0.25, 0.3) is 15.9 Å². The van der Waals surface area contributed by atoms with Gasteiger partial charge in [0.1, 0.15) is 18.9 Å². The highest BCUT2D eigenvalue weighted by Crippen LogP contribution is 2.25. The van der Waals surface area contributed by atoms with Crippen molar-refractivity contribution in [3.05, 3.63) is 89.5 Å². The number of hydrogen-bond donors (Lipinski definition) is 1. The van der Waals surface area contributed by atoms with Crippen molar-refractivity contribution in [1.29, 1.82) is 0 Å². The number of rotatable bonds is 13. The molecule has 11 heteroatoms. The molecule has 0 unspecified atom stereocenters. The predicted molar refractivity (Wildman–Crippen MR) is 154 cm³/mol. The molecule has 3 aromatic carbocycles. The van der Waals surface area contributed by atoms with Gasteiger partial charge in [-0.2, -0.15) is 16.9 Å². The summed E-state index contributed by atoms with van der Waals surface area (Å²) in [5, 5.41) is 3.96. The van der Waals surface area contributed by atoms with E-state index in [0.29, 0.717) is 23.6 Å². The van der Waals surface area contributed by atoms with Crippen molar-refractivity contribution in [2.75, 3.05) is 36.1 Å². The van der Waals surface area contributed by atoms with E-state index in [9.17, 15) is 18.0 Å². The molecule has 0 atom stereocenters. The van der Waals surface area contributed by atoms with Gasteiger partial charge < -0.3 is 9.47 Å². The molecule has 0 radical (unpaired) electrons. The van der Waals surface area contributed by atoms with Crippen LogP contribution < -0.4 is 14.5 Å². The zero-order valence-corrected chi connectivity index (χ0v) is 23.6. The Bertz CT molecular complexity index is 1370. The van der Waals surface area contributed by atoms with E-state index in [1.54, 1.807) is 66.4 Å². The lowest BCUT2D eigenvalue weighted by Gasteiger charge is -2.24. The first kappa shape index (κ1) is 29.7. The van der Waals surface area contributed by atoms with Gasteiger partial charge in [-0.25, -0.2) is 18.6 Å². The predicted octanol–water partition coefficient (Wildman–Crippen LogP) is 3.93. The van der Waals surface area contributed by atoms with E-state index in [-0.39, 0.29) is 11.5 Å². The third-order valence-electron chi connectivity index (χ3n) is 5.30. The van der Waals surface area contributed by atoms with Crippen molar-refractivity contribution in [2.45, 2.75) is 18.7 Å². The Morgan fingerprint density at radius 1 is 1.00 bits per heavy atom. The fourth-order valence-electron chi connectivity index (χ4n) is 3.55. The SMILES string of the molecule is CSCCOC(=O)COc1ccc(/C=N\NC(=O)CN(c2cc(C)cc(C)c2)S(=O)(=O)c2ccccc2)cc1. The number of hydrazone groups is 1. The quantitative estimate of drug-likeness (QED) is 0.144. The molecular formula is C28H31N3O6S2. The number of ether oxygens (including phenoxy) is 2. The lowest BCUT2D eigenvalue weighted by Crippen LogP contribution is -2.39. The first-order valence-electron chi connectivity index (χ1n) is 12.0. The van der Waals surface area contributed by atoms with Crippen LogP contribution in [0.5, 0.6) is 5.75 Å². The van der Waals surface area contributed by atoms with E-state index in [1.165, 1.54) is 18.3 Å². The van der Waals surface area contributed by atoms with Crippen molar-refractivity contribution in [3.63, 3.8) is 0 Å². The number of aryl methyl sites for hydroxylation is 2. The second-order valence-electron chi connectivity index (χ2n) is 8.53. The highest BCUT2D eigenvalue weighted by atomic mass is 32.2. The van der Waals surface area contributed by atoms with Gasteiger partial charge in [-0.15, -0.1) is 0 Å². The summed E-state index contributed by atoms with van der Waals surface area (Å²) in [5.74, 6) is 0.155. The van der Waals surface area contributed by atoms with Gasteiger partial charge in [0.2, 0.25) is 0 Å². The molecular weight excluding hydrogens is 538 g/mol. The van der Waals surface area contributed by atoms with Crippen LogP contribution in [-0.2, 0) is 24.3 Å². The Balaban J connectivity index is 1.64. The zero-order valence-electron chi connectivity index (χ0n) is 22.0. The molecule has 0 saturated heterocycles. The molecule has 9 nitrogen and oxygen atoms in total. The highest BCUT2D eigenvalue weighted by Gasteiger charge is 2.27. The average molecular weight is 570 g/mol. The van der Waals surface area contributed by atoms with E-state index < -0.39 is 28.4 Å². The molecule has 0 saturated carbocycles. The fraction of sp³-hybridized carbons (Fsp3) is 0.250. The Kier molecular flexibility index (Phi) is 10.9. The molecule has 0 aromatic heterocycles. The number of anilines is 1.